The smallest absolute Gasteiger partial charge is 0.257 e. The molecule has 0 spiro atoms. The van der Waals surface area contributed by atoms with Crippen LogP contribution in [-0.4, -0.2) is 24.0 Å². The molecule has 0 radical (unpaired) electrons. The maximum atomic E-state index is 13.6. The number of amides is 1. The Bertz CT molecular complexity index is 1070. The molecule has 1 saturated carbocycles. The lowest BCUT2D eigenvalue weighted by atomic mass is 9.88. The van der Waals surface area contributed by atoms with Crippen molar-refractivity contribution in [3.63, 3.8) is 0 Å². The van der Waals surface area contributed by atoms with E-state index in [1.807, 2.05) is 26.0 Å². The molecule has 0 bridgehead atoms. The van der Waals surface area contributed by atoms with Gasteiger partial charge in [0.1, 0.15) is 11.6 Å². The van der Waals surface area contributed by atoms with Gasteiger partial charge in [-0.05, 0) is 99.4 Å². The van der Waals surface area contributed by atoms with Gasteiger partial charge >= 0.3 is 0 Å². The molecule has 2 N–H and O–H groups in total. The van der Waals surface area contributed by atoms with E-state index < -0.39 is 0 Å². The maximum Gasteiger partial charge on any atom is 0.257 e. The van der Waals surface area contributed by atoms with E-state index in [0.29, 0.717) is 11.5 Å². The molecule has 0 aromatic heterocycles. The van der Waals surface area contributed by atoms with Gasteiger partial charge in [-0.25, -0.2) is 13.8 Å². The van der Waals surface area contributed by atoms with E-state index >= 15 is 0 Å². The Morgan fingerprint density at radius 3 is 2.26 bits per heavy atom. The quantitative estimate of drug-likeness (QED) is 0.227. The SMILES string of the molecule is C=C(C)C(=CCC(CC(C)NC(=NC1CC1)NC(=O)c1ccc(F)cc1)c1ccc(F)cc1)CC. The third kappa shape index (κ3) is 8.46. The summed E-state index contributed by atoms with van der Waals surface area (Å²) in [5.74, 6) is -0.407. The Morgan fingerprint density at radius 1 is 1.11 bits per heavy atom. The standard InChI is InChI=1S/C29H35F2N3O/c1-5-21(19(2)3)6-7-24(22-8-12-25(30)13-9-22)18-20(4)32-29(33-27-16-17-27)34-28(35)23-10-14-26(31)15-11-23/h6,8-15,20,24,27H,2,5,7,16-18H2,1,3-4H3,(H2,32,33,34,35). The first-order valence-electron chi connectivity index (χ1n) is 12.3. The number of carbonyl (C=O) groups is 1. The molecule has 1 fully saturated rings. The lowest BCUT2D eigenvalue weighted by Crippen LogP contribution is -2.45. The Morgan fingerprint density at radius 2 is 1.71 bits per heavy atom. The van der Waals surface area contributed by atoms with Crippen LogP contribution in [0, 0.1) is 11.6 Å². The molecule has 2 aromatic carbocycles. The number of carbonyl (C=O) groups excluding carboxylic acids is 1. The Hall–Kier alpha value is -3.28. The predicted octanol–water partition coefficient (Wildman–Crippen LogP) is 6.67. The summed E-state index contributed by atoms with van der Waals surface area (Å²) in [7, 11) is 0. The van der Waals surface area contributed by atoms with Crippen LogP contribution < -0.4 is 10.6 Å². The molecule has 3 rings (SSSR count). The molecule has 186 valence electrons. The lowest BCUT2D eigenvalue weighted by Gasteiger charge is -2.23. The van der Waals surface area contributed by atoms with Gasteiger partial charge in [-0.2, -0.15) is 0 Å². The minimum absolute atomic E-state index is 0.0145. The van der Waals surface area contributed by atoms with Crippen molar-refractivity contribution in [2.45, 2.75) is 70.9 Å². The van der Waals surface area contributed by atoms with E-state index in [1.165, 1.54) is 42.0 Å². The highest BCUT2D eigenvalue weighted by Crippen LogP contribution is 2.28. The first kappa shape index (κ1) is 26.3. The van der Waals surface area contributed by atoms with Crippen LogP contribution in [-0.2, 0) is 0 Å². The molecular weight excluding hydrogens is 444 g/mol. The number of nitrogens with one attached hydrogen (secondary N) is 2. The Labute approximate surface area is 207 Å². The van der Waals surface area contributed by atoms with Gasteiger partial charge in [0.05, 0.1) is 6.04 Å². The zero-order valence-corrected chi connectivity index (χ0v) is 20.8. The largest absolute Gasteiger partial charge is 0.354 e. The van der Waals surface area contributed by atoms with Crippen LogP contribution in [0.25, 0.3) is 0 Å². The first-order valence-corrected chi connectivity index (χ1v) is 12.3. The predicted molar refractivity (Wildman–Crippen MR) is 138 cm³/mol. The number of hydrogen-bond donors (Lipinski definition) is 2. The van der Waals surface area contributed by atoms with Crippen LogP contribution in [0.15, 0.2) is 77.3 Å². The van der Waals surface area contributed by atoms with Gasteiger partial charge in [-0.15, -0.1) is 0 Å². The molecule has 0 saturated heterocycles. The summed E-state index contributed by atoms with van der Waals surface area (Å²) >= 11 is 0. The highest BCUT2D eigenvalue weighted by Gasteiger charge is 2.23. The van der Waals surface area contributed by atoms with Crippen molar-refractivity contribution in [2.75, 3.05) is 0 Å². The van der Waals surface area contributed by atoms with Gasteiger partial charge in [0.2, 0.25) is 0 Å². The zero-order chi connectivity index (χ0) is 25.4. The molecule has 35 heavy (non-hydrogen) atoms. The Kier molecular flexibility index (Phi) is 9.35. The molecular formula is C29H35F2N3O. The molecule has 1 aliphatic rings. The van der Waals surface area contributed by atoms with Gasteiger partial charge in [0.15, 0.2) is 5.96 Å². The number of nitrogens with zero attached hydrogens (tertiary/aromatic N) is 1. The average molecular weight is 480 g/mol. The van der Waals surface area contributed by atoms with E-state index in [-0.39, 0.29) is 35.5 Å². The number of rotatable bonds is 10. The van der Waals surface area contributed by atoms with Crippen LogP contribution in [0.4, 0.5) is 8.78 Å². The Balaban J connectivity index is 1.73. The maximum absolute atomic E-state index is 13.6. The summed E-state index contributed by atoms with van der Waals surface area (Å²) < 4.78 is 26.8. The molecule has 2 aromatic rings. The van der Waals surface area contributed by atoms with Crippen molar-refractivity contribution in [3.05, 3.63) is 95.1 Å². The van der Waals surface area contributed by atoms with Crippen molar-refractivity contribution in [3.8, 4) is 0 Å². The van der Waals surface area contributed by atoms with Crippen LogP contribution >= 0.6 is 0 Å². The zero-order valence-electron chi connectivity index (χ0n) is 20.8. The molecule has 2 unspecified atom stereocenters. The lowest BCUT2D eigenvalue weighted by molar-refractivity contribution is 0.0975. The summed E-state index contributed by atoms with van der Waals surface area (Å²) in [5, 5.41) is 6.22. The highest BCUT2D eigenvalue weighted by molar-refractivity contribution is 6.05. The molecule has 2 atom stereocenters. The summed E-state index contributed by atoms with van der Waals surface area (Å²) in [5.41, 5.74) is 3.70. The molecule has 1 amide bonds. The number of hydrogen-bond acceptors (Lipinski definition) is 2. The van der Waals surface area contributed by atoms with Crippen LogP contribution in [0.3, 0.4) is 0 Å². The van der Waals surface area contributed by atoms with Crippen molar-refractivity contribution >= 4 is 11.9 Å². The van der Waals surface area contributed by atoms with E-state index in [2.05, 4.69) is 35.2 Å². The highest BCUT2D eigenvalue weighted by atomic mass is 19.1. The second-order valence-electron chi connectivity index (χ2n) is 9.30. The minimum atomic E-state index is -0.390. The molecule has 0 aliphatic heterocycles. The number of allylic oxidation sites excluding steroid dienone is 3. The minimum Gasteiger partial charge on any atom is -0.354 e. The van der Waals surface area contributed by atoms with Crippen molar-refractivity contribution in [2.24, 2.45) is 4.99 Å². The number of aliphatic imine (C=N–C) groups is 1. The summed E-state index contributed by atoms with van der Waals surface area (Å²) in [6.45, 7) is 10.2. The van der Waals surface area contributed by atoms with Gasteiger partial charge in [0, 0.05) is 11.6 Å². The second kappa shape index (κ2) is 12.4. The van der Waals surface area contributed by atoms with Gasteiger partial charge in [-0.1, -0.05) is 37.3 Å². The van der Waals surface area contributed by atoms with E-state index in [9.17, 15) is 13.6 Å². The molecule has 6 heteroatoms. The van der Waals surface area contributed by atoms with Crippen molar-refractivity contribution < 1.29 is 13.6 Å². The number of benzene rings is 2. The molecule has 4 nitrogen and oxygen atoms in total. The fourth-order valence-corrected chi connectivity index (χ4v) is 4.00. The molecule has 1 aliphatic carbocycles. The fraction of sp³-hybridized carbons (Fsp3) is 0.379. The third-order valence-electron chi connectivity index (χ3n) is 6.14. The van der Waals surface area contributed by atoms with E-state index in [4.69, 9.17) is 0 Å². The average Bonchev–Trinajstić information content (AvgIpc) is 3.63. The van der Waals surface area contributed by atoms with Crippen LogP contribution in [0.1, 0.15) is 74.7 Å². The van der Waals surface area contributed by atoms with Crippen LogP contribution in [0.2, 0.25) is 0 Å². The normalized spacial score (nSPS) is 15.9. The van der Waals surface area contributed by atoms with Crippen molar-refractivity contribution in [1.29, 1.82) is 0 Å². The number of halogens is 2. The summed E-state index contributed by atoms with van der Waals surface area (Å²) in [6, 6.07) is 12.3. The van der Waals surface area contributed by atoms with Crippen molar-refractivity contribution in [1.82, 2.24) is 10.6 Å². The van der Waals surface area contributed by atoms with Gasteiger partial charge in [-0.3, -0.25) is 10.1 Å². The van der Waals surface area contributed by atoms with Gasteiger partial charge in [0.25, 0.3) is 5.91 Å². The van der Waals surface area contributed by atoms with Gasteiger partial charge < -0.3 is 5.32 Å². The fourth-order valence-electron chi connectivity index (χ4n) is 4.00. The van der Waals surface area contributed by atoms with Crippen LogP contribution in [0.5, 0.6) is 0 Å². The number of guanidine groups is 1. The monoisotopic (exact) mass is 479 g/mol. The third-order valence-corrected chi connectivity index (χ3v) is 6.14. The topological polar surface area (TPSA) is 53.5 Å². The first-order chi connectivity index (χ1) is 16.7. The molecule has 0 heterocycles. The second-order valence-corrected chi connectivity index (χ2v) is 9.30. The summed E-state index contributed by atoms with van der Waals surface area (Å²) in [6.07, 6.45) is 6.67. The van der Waals surface area contributed by atoms with E-state index in [0.717, 1.165) is 43.2 Å². The van der Waals surface area contributed by atoms with E-state index in [1.54, 1.807) is 0 Å². The summed E-state index contributed by atoms with van der Waals surface area (Å²) in [4.78, 5) is 17.3.